The van der Waals surface area contributed by atoms with E-state index in [1.54, 1.807) is 30.5 Å². The molecule has 0 radical (unpaired) electrons. The zero-order chi connectivity index (χ0) is 24.0. The van der Waals surface area contributed by atoms with E-state index in [1.807, 2.05) is 49.4 Å². The number of anilines is 1. The maximum absolute atomic E-state index is 13.4. The number of aromatic amines is 1. The third-order valence-electron chi connectivity index (χ3n) is 6.07. The Labute approximate surface area is 201 Å². The van der Waals surface area contributed by atoms with Crippen molar-refractivity contribution >= 4 is 45.6 Å². The molecule has 3 aromatic carbocycles. The number of benzene rings is 3. The Morgan fingerprint density at radius 3 is 2.62 bits per heavy atom. The third-order valence-corrected chi connectivity index (χ3v) is 6.40. The lowest BCUT2D eigenvalue weighted by Gasteiger charge is -2.25. The fraction of sp³-hybridized carbons (Fsp3) is 0.111. The monoisotopic (exact) mass is 472 g/mol. The number of para-hydroxylation sites is 1. The molecule has 34 heavy (non-hydrogen) atoms. The maximum Gasteiger partial charge on any atom is 0.300 e. The minimum absolute atomic E-state index is 0.0357. The number of carbonyl (C=O) groups excluding carboxylic acids is 2. The summed E-state index contributed by atoms with van der Waals surface area (Å²) in [5.74, 6) is -1.40. The summed E-state index contributed by atoms with van der Waals surface area (Å²) in [6.45, 7) is 1.91. The second-order valence-electron chi connectivity index (χ2n) is 8.14. The number of fused-ring (bicyclic) bond motifs is 1. The van der Waals surface area contributed by atoms with E-state index >= 15 is 0 Å². The first-order chi connectivity index (χ1) is 16.4. The molecule has 1 unspecified atom stereocenters. The number of H-pyrrole nitrogens is 1. The summed E-state index contributed by atoms with van der Waals surface area (Å²) < 4.78 is 5.27. The molecule has 6 nitrogen and oxygen atoms in total. The lowest BCUT2D eigenvalue weighted by atomic mass is 9.94. The number of amides is 1. The summed E-state index contributed by atoms with van der Waals surface area (Å²) in [4.78, 5) is 31.4. The summed E-state index contributed by atoms with van der Waals surface area (Å²) in [5, 5.41) is 12.5. The molecule has 1 aromatic heterocycles. The normalized spacial score (nSPS) is 17.5. The highest BCUT2D eigenvalue weighted by Gasteiger charge is 2.48. The first-order valence-corrected chi connectivity index (χ1v) is 11.1. The van der Waals surface area contributed by atoms with E-state index in [2.05, 4.69) is 4.98 Å². The number of halogens is 1. The third kappa shape index (κ3) is 3.43. The molecule has 1 amide bonds. The Kier molecular flexibility index (Phi) is 5.38. The van der Waals surface area contributed by atoms with Crippen molar-refractivity contribution in [3.05, 3.63) is 100 Å². The number of aliphatic hydroxyl groups is 1. The summed E-state index contributed by atoms with van der Waals surface area (Å²) in [5.41, 5.74) is 3.23. The van der Waals surface area contributed by atoms with Gasteiger partial charge < -0.3 is 14.8 Å². The zero-order valence-electron chi connectivity index (χ0n) is 18.5. The van der Waals surface area contributed by atoms with E-state index in [9.17, 15) is 14.7 Å². The van der Waals surface area contributed by atoms with Crippen LogP contribution in [0.15, 0.2) is 78.5 Å². The van der Waals surface area contributed by atoms with Crippen LogP contribution in [-0.2, 0) is 9.59 Å². The Bertz CT molecular complexity index is 1490. The average molecular weight is 473 g/mol. The van der Waals surface area contributed by atoms with Crippen LogP contribution in [0.2, 0.25) is 5.02 Å². The number of ketones is 1. The number of aromatic nitrogens is 1. The first kappa shape index (κ1) is 21.8. The highest BCUT2D eigenvalue weighted by molar-refractivity contribution is 6.52. The summed E-state index contributed by atoms with van der Waals surface area (Å²) in [7, 11) is 1.50. The van der Waals surface area contributed by atoms with Gasteiger partial charge in [0.2, 0.25) is 0 Å². The van der Waals surface area contributed by atoms with Gasteiger partial charge in [-0.25, -0.2) is 0 Å². The summed E-state index contributed by atoms with van der Waals surface area (Å²) in [6.07, 6.45) is 1.77. The van der Waals surface area contributed by atoms with Crippen molar-refractivity contribution in [2.45, 2.75) is 13.0 Å². The molecule has 1 atom stereocenters. The molecule has 7 heteroatoms. The summed E-state index contributed by atoms with van der Waals surface area (Å²) >= 11 is 6.39. The number of methoxy groups -OCH3 is 1. The van der Waals surface area contributed by atoms with Crippen LogP contribution < -0.4 is 9.64 Å². The second-order valence-corrected chi connectivity index (χ2v) is 8.55. The van der Waals surface area contributed by atoms with E-state index in [1.165, 1.54) is 12.0 Å². The highest BCUT2D eigenvalue weighted by atomic mass is 35.5. The smallest absolute Gasteiger partial charge is 0.300 e. The predicted octanol–water partition coefficient (Wildman–Crippen LogP) is 5.76. The number of hydrogen-bond donors (Lipinski definition) is 2. The van der Waals surface area contributed by atoms with Crippen LogP contribution in [0.4, 0.5) is 5.69 Å². The number of nitrogens with one attached hydrogen (secondary N) is 1. The van der Waals surface area contributed by atoms with Crippen LogP contribution in [0.3, 0.4) is 0 Å². The van der Waals surface area contributed by atoms with Gasteiger partial charge in [-0.15, -0.1) is 0 Å². The van der Waals surface area contributed by atoms with Gasteiger partial charge in [-0.1, -0.05) is 41.9 Å². The molecule has 1 aliphatic rings. The van der Waals surface area contributed by atoms with Gasteiger partial charge in [0.25, 0.3) is 11.7 Å². The van der Waals surface area contributed by atoms with Crippen molar-refractivity contribution in [1.29, 1.82) is 0 Å². The van der Waals surface area contributed by atoms with Gasteiger partial charge in [-0.2, -0.15) is 0 Å². The van der Waals surface area contributed by atoms with Crippen LogP contribution in [-0.4, -0.2) is 28.9 Å². The van der Waals surface area contributed by atoms with Crippen molar-refractivity contribution in [1.82, 2.24) is 4.98 Å². The lowest BCUT2D eigenvalue weighted by molar-refractivity contribution is -0.132. The number of aliphatic hydroxyl groups excluding tert-OH is 1. The molecule has 5 rings (SSSR count). The molecule has 2 N–H and O–H groups in total. The van der Waals surface area contributed by atoms with Crippen molar-refractivity contribution < 1.29 is 19.4 Å². The first-order valence-electron chi connectivity index (χ1n) is 10.7. The van der Waals surface area contributed by atoms with E-state index in [-0.39, 0.29) is 21.9 Å². The molecule has 1 fully saturated rings. The van der Waals surface area contributed by atoms with Crippen molar-refractivity contribution in [2.75, 3.05) is 12.0 Å². The van der Waals surface area contributed by atoms with Crippen LogP contribution in [0.5, 0.6) is 5.75 Å². The van der Waals surface area contributed by atoms with E-state index < -0.39 is 17.7 Å². The summed E-state index contributed by atoms with van der Waals surface area (Å²) in [6, 6.07) is 18.9. The molecule has 1 aliphatic heterocycles. The van der Waals surface area contributed by atoms with E-state index in [0.29, 0.717) is 17.0 Å². The van der Waals surface area contributed by atoms with Crippen LogP contribution in [0.25, 0.3) is 16.7 Å². The highest BCUT2D eigenvalue weighted by Crippen LogP contribution is 2.45. The molecule has 1 saturated heterocycles. The predicted molar refractivity (Wildman–Crippen MR) is 132 cm³/mol. The van der Waals surface area contributed by atoms with Crippen LogP contribution in [0, 0.1) is 6.92 Å². The zero-order valence-corrected chi connectivity index (χ0v) is 19.3. The number of Topliss-reactive ketones (excluding diaryl/α,β-unsaturated/α-hetero) is 1. The molecule has 0 bridgehead atoms. The van der Waals surface area contributed by atoms with Crippen LogP contribution >= 0.6 is 11.6 Å². The van der Waals surface area contributed by atoms with Gasteiger partial charge >= 0.3 is 0 Å². The number of carbonyl (C=O) groups is 2. The topological polar surface area (TPSA) is 82.6 Å². The molecule has 0 aliphatic carbocycles. The average Bonchev–Trinajstić information content (AvgIpc) is 3.37. The maximum atomic E-state index is 13.4. The Hall–Kier alpha value is -4.03. The number of rotatable bonds is 4. The van der Waals surface area contributed by atoms with Gasteiger partial charge in [-0.05, 0) is 48.9 Å². The van der Waals surface area contributed by atoms with E-state index in [4.69, 9.17) is 16.3 Å². The Morgan fingerprint density at radius 1 is 1.06 bits per heavy atom. The minimum Gasteiger partial charge on any atom is -0.507 e. The number of nitrogens with zero attached hydrogens (tertiary/aromatic N) is 1. The second kappa shape index (κ2) is 8.39. The number of aryl methyl sites for hydroxylation is 1. The molecule has 170 valence electrons. The standard InChI is InChI=1S/C27H21ClN2O4/c1-15-6-5-7-16(12-15)30-24(20-14-29-22-9-4-3-8-18(20)22)23(26(32)27(30)33)25(31)19-13-17(34-2)10-11-21(19)28/h3-14,24,29,31H,1-2H3/b25-23+. The quantitative estimate of drug-likeness (QED) is 0.224. The van der Waals surface area contributed by atoms with Gasteiger partial charge in [-0.3, -0.25) is 14.5 Å². The van der Waals surface area contributed by atoms with Crippen molar-refractivity contribution in [3.63, 3.8) is 0 Å². The molecule has 2 heterocycles. The molecular formula is C27H21ClN2O4. The van der Waals surface area contributed by atoms with Crippen LogP contribution in [0.1, 0.15) is 22.7 Å². The Balaban J connectivity index is 1.81. The SMILES string of the molecule is COc1ccc(Cl)c(/C(O)=C2\C(=O)C(=O)N(c3cccc(C)c3)C2c2c[nH]c3ccccc23)c1. The molecule has 0 saturated carbocycles. The fourth-order valence-electron chi connectivity index (χ4n) is 4.45. The van der Waals surface area contributed by atoms with Gasteiger partial charge in [0.15, 0.2) is 0 Å². The fourth-order valence-corrected chi connectivity index (χ4v) is 4.66. The van der Waals surface area contributed by atoms with Gasteiger partial charge in [0, 0.05) is 33.9 Å². The molecule has 0 spiro atoms. The molecular weight excluding hydrogens is 452 g/mol. The van der Waals surface area contributed by atoms with Crippen molar-refractivity contribution in [3.8, 4) is 5.75 Å². The largest absolute Gasteiger partial charge is 0.507 e. The lowest BCUT2D eigenvalue weighted by Crippen LogP contribution is -2.29. The Morgan fingerprint density at radius 2 is 1.85 bits per heavy atom. The van der Waals surface area contributed by atoms with E-state index in [0.717, 1.165) is 16.5 Å². The minimum atomic E-state index is -0.861. The van der Waals surface area contributed by atoms with Crippen molar-refractivity contribution in [2.24, 2.45) is 0 Å². The number of hydrogen-bond acceptors (Lipinski definition) is 4. The number of ether oxygens (including phenoxy) is 1. The van der Waals surface area contributed by atoms with Gasteiger partial charge in [0.05, 0.1) is 23.7 Å². The van der Waals surface area contributed by atoms with Gasteiger partial charge in [0.1, 0.15) is 11.5 Å². The molecule has 4 aromatic rings.